The van der Waals surface area contributed by atoms with E-state index in [0.29, 0.717) is 31.7 Å². The molecular weight excluding hydrogens is 356 g/mol. The zero-order chi connectivity index (χ0) is 19.5. The predicted octanol–water partition coefficient (Wildman–Crippen LogP) is 2.82. The Bertz CT molecular complexity index is 1070. The molecular formula is C22H22N2O4. The Morgan fingerprint density at radius 2 is 1.86 bits per heavy atom. The number of nitrogens with zero attached hydrogens (tertiary/aromatic N) is 2. The number of hydrogen-bond donors (Lipinski definition) is 0. The molecule has 3 aromatic rings. The molecule has 0 fully saturated rings. The summed E-state index contributed by atoms with van der Waals surface area (Å²) in [5, 5.41) is 0.618. The lowest BCUT2D eigenvalue weighted by Gasteiger charge is -2.24. The lowest BCUT2D eigenvalue weighted by atomic mass is 10.1. The number of carbonyl (C=O) groups is 1. The molecule has 1 aromatic heterocycles. The Labute approximate surface area is 162 Å². The number of carbonyl (C=O) groups excluding carboxylic acids is 1. The number of para-hydroxylation sites is 1. The van der Waals surface area contributed by atoms with Gasteiger partial charge in [-0.3, -0.25) is 9.59 Å². The minimum atomic E-state index is -0.0390. The van der Waals surface area contributed by atoms with Crippen LogP contribution in [-0.2, 0) is 17.9 Å². The Morgan fingerprint density at radius 1 is 1.07 bits per heavy atom. The van der Waals surface area contributed by atoms with Crippen LogP contribution in [0.25, 0.3) is 10.9 Å². The average Bonchev–Trinajstić information content (AvgIpc) is 2.74. The van der Waals surface area contributed by atoms with E-state index in [0.717, 1.165) is 22.6 Å². The zero-order valence-corrected chi connectivity index (χ0v) is 15.8. The largest absolute Gasteiger partial charge is 0.486 e. The van der Waals surface area contributed by atoms with Gasteiger partial charge in [0.1, 0.15) is 19.8 Å². The Morgan fingerprint density at radius 3 is 2.68 bits per heavy atom. The lowest BCUT2D eigenvalue weighted by Crippen LogP contribution is -2.33. The summed E-state index contributed by atoms with van der Waals surface area (Å²) in [5.41, 5.74) is 1.71. The van der Waals surface area contributed by atoms with Crippen molar-refractivity contribution >= 4 is 16.8 Å². The van der Waals surface area contributed by atoms with Crippen LogP contribution in [0.4, 0.5) is 0 Å². The smallest absolute Gasteiger partial charge is 0.242 e. The van der Waals surface area contributed by atoms with Crippen LogP contribution < -0.4 is 14.9 Å². The predicted molar refractivity (Wildman–Crippen MR) is 107 cm³/mol. The van der Waals surface area contributed by atoms with Gasteiger partial charge in [0.05, 0.1) is 5.52 Å². The molecule has 1 aliphatic rings. The molecule has 0 spiro atoms. The van der Waals surface area contributed by atoms with Crippen molar-refractivity contribution in [3.8, 4) is 11.5 Å². The van der Waals surface area contributed by atoms with Crippen molar-refractivity contribution in [1.82, 2.24) is 9.47 Å². The van der Waals surface area contributed by atoms with E-state index >= 15 is 0 Å². The van der Waals surface area contributed by atoms with E-state index in [9.17, 15) is 9.59 Å². The first-order valence-corrected chi connectivity index (χ1v) is 9.40. The first-order chi connectivity index (χ1) is 13.7. The fourth-order valence-corrected chi connectivity index (χ4v) is 3.43. The molecule has 0 atom stereocenters. The van der Waals surface area contributed by atoms with Gasteiger partial charge in [-0.1, -0.05) is 18.2 Å². The van der Waals surface area contributed by atoms with E-state index in [-0.39, 0.29) is 17.9 Å². The number of hydrogen-bond acceptors (Lipinski definition) is 4. The molecule has 0 N–H and O–H groups in total. The average molecular weight is 378 g/mol. The van der Waals surface area contributed by atoms with Gasteiger partial charge in [0.15, 0.2) is 16.9 Å². The molecule has 1 aliphatic heterocycles. The molecule has 2 heterocycles. The SMILES string of the molecule is CCN(Cc1ccc2c(c1)OCCO2)C(=O)Cn1ccc(=O)c2ccccc21. The van der Waals surface area contributed by atoms with Crippen molar-refractivity contribution < 1.29 is 14.3 Å². The lowest BCUT2D eigenvalue weighted by molar-refractivity contribution is -0.132. The van der Waals surface area contributed by atoms with Gasteiger partial charge < -0.3 is 18.9 Å². The van der Waals surface area contributed by atoms with E-state index < -0.39 is 0 Å². The molecule has 144 valence electrons. The van der Waals surface area contributed by atoms with Gasteiger partial charge in [-0.05, 0) is 36.8 Å². The standard InChI is InChI=1S/C22H22N2O4/c1-2-23(14-16-7-8-20-21(13-16)28-12-11-27-20)22(26)15-24-10-9-19(25)17-5-3-4-6-18(17)24/h3-10,13H,2,11-12,14-15H2,1H3. The fraction of sp³-hybridized carbons (Fsp3) is 0.273. The van der Waals surface area contributed by atoms with Crippen molar-refractivity contribution in [2.45, 2.75) is 20.0 Å². The van der Waals surface area contributed by atoms with Gasteiger partial charge in [0.2, 0.25) is 5.91 Å². The number of rotatable bonds is 5. The summed E-state index contributed by atoms with van der Waals surface area (Å²) in [6.07, 6.45) is 1.68. The highest BCUT2D eigenvalue weighted by atomic mass is 16.6. The van der Waals surface area contributed by atoms with E-state index in [1.54, 1.807) is 17.2 Å². The summed E-state index contributed by atoms with van der Waals surface area (Å²) in [6.45, 7) is 4.31. The van der Waals surface area contributed by atoms with Gasteiger partial charge in [0, 0.05) is 30.7 Å². The Kier molecular flexibility index (Phi) is 5.02. The third-order valence-corrected chi connectivity index (χ3v) is 4.90. The molecule has 4 rings (SSSR count). The van der Waals surface area contributed by atoms with Gasteiger partial charge in [0.25, 0.3) is 0 Å². The van der Waals surface area contributed by atoms with E-state index in [4.69, 9.17) is 9.47 Å². The van der Waals surface area contributed by atoms with Crippen molar-refractivity contribution in [3.63, 3.8) is 0 Å². The Hall–Kier alpha value is -3.28. The van der Waals surface area contributed by atoms with E-state index in [1.807, 2.05) is 47.9 Å². The van der Waals surface area contributed by atoms with Crippen LogP contribution >= 0.6 is 0 Å². The number of benzene rings is 2. The quantitative estimate of drug-likeness (QED) is 0.685. The van der Waals surface area contributed by atoms with E-state index in [1.165, 1.54) is 6.07 Å². The first-order valence-electron chi connectivity index (χ1n) is 9.40. The molecule has 2 aromatic carbocycles. The molecule has 0 radical (unpaired) electrons. The van der Waals surface area contributed by atoms with Crippen molar-refractivity contribution in [2.75, 3.05) is 19.8 Å². The normalized spacial score (nSPS) is 12.8. The summed E-state index contributed by atoms with van der Waals surface area (Å²) < 4.78 is 13.0. The van der Waals surface area contributed by atoms with Crippen molar-refractivity contribution in [1.29, 1.82) is 0 Å². The first kappa shape index (κ1) is 18.1. The van der Waals surface area contributed by atoms with Crippen LogP contribution in [0.2, 0.25) is 0 Å². The monoisotopic (exact) mass is 378 g/mol. The summed E-state index contributed by atoms with van der Waals surface area (Å²) in [5.74, 6) is 1.45. The van der Waals surface area contributed by atoms with Gasteiger partial charge in [-0.2, -0.15) is 0 Å². The summed E-state index contributed by atoms with van der Waals surface area (Å²) in [6, 6.07) is 14.6. The second-order valence-corrected chi connectivity index (χ2v) is 6.71. The number of likely N-dealkylation sites (N-methyl/N-ethyl adjacent to an activating group) is 1. The minimum Gasteiger partial charge on any atom is -0.486 e. The van der Waals surface area contributed by atoms with Crippen LogP contribution in [0.5, 0.6) is 11.5 Å². The maximum Gasteiger partial charge on any atom is 0.242 e. The van der Waals surface area contributed by atoms with Crippen molar-refractivity contribution in [3.05, 3.63) is 70.5 Å². The highest BCUT2D eigenvalue weighted by Crippen LogP contribution is 2.31. The maximum atomic E-state index is 12.9. The van der Waals surface area contributed by atoms with E-state index in [2.05, 4.69) is 0 Å². The second kappa shape index (κ2) is 7.76. The fourth-order valence-electron chi connectivity index (χ4n) is 3.43. The summed E-state index contributed by atoms with van der Waals surface area (Å²) in [4.78, 5) is 26.8. The molecule has 28 heavy (non-hydrogen) atoms. The zero-order valence-electron chi connectivity index (χ0n) is 15.8. The third kappa shape index (κ3) is 3.58. The van der Waals surface area contributed by atoms with Crippen LogP contribution in [0.15, 0.2) is 59.5 Å². The molecule has 6 nitrogen and oxygen atoms in total. The molecule has 0 aliphatic carbocycles. The number of ether oxygens (including phenoxy) is 2. The number of aromatic nitrogens is 1. The second-order valence-electron chi connectivity index (χ2n) is 6.71. The van der Waals surface area contributed by atoms with Crippen LogP contribution in [0, 0.1) is 0 Å². The van der Waals surface area contributed by atoms with Gasteiger partial charge in [-0.15, -0.1) is 0 Å². The highest BCUT2D eigenvalue weighted by molar-refractivity contribution is 5.82. The molecule has 0 bridgehead atoms. The topological polar surface area (TPSA) is 60.8 Å². The molecule has 0 unspecified atom stereocenters. The summed E-state index contributed by atoms with van der Waals surface area (Å²) >= 11 is 0. The molecule has 1 amide bonds. The Balaban J connectivity index is 1.54. The van der Waals surface area contributed by atoms with Crippen LogP contribution in [0.3, 0.4) is 0 Å². The van der Waals surface area contributed by atoms with Crippen LogP contribution in [-0.4, -0.2) is 35.1 Å². The van der Waals surface area contributed by atoms with Gasteiger partial charge in [-0.25, -0.2) is 0 Å². The summed E-state index contributed by atoms with van der Waals surface area (Å²) in [7, 11) is 0. The van der Waals surface area contributed by atoms with Crippen molar-refractivity contribution in [2.24, 2.45) is 0 Å². The molecule has 0 saturated heterocycles. The number of amides is 1. The molecule has 0 saturated carbocycles. The highest BCUT2D eigenvalue weighted by Gasteiger charge is 2.17. The molecule has 6 heteroatoms. The number of fused-ring (bicyclic) bond motifs is 2. The minimum absolute atomic E-state index is 0.00816. The maximum absolute atomic E-state index is 12.9. The van der Waals surface area contributed by atoms with Crippen LogP contribution in [0.1, 0.15) is 12.5 Å². The van der Waals surface area contributed by atoms with Gasteiger partial charge >= 0.3 is 0 Å². The third-order valence-electron chi connectivity index (χ3n) is 4.90. The number of pyridine rings is 1.